The van der Waals surface area contributed by atoms with Crippen LogP contribution in [0.25, 0.3) is 17.4 Å². The number of nitro benzene ring substituents is 1. The third-order valence-electron chi connectivity index (χ3n) is 4.56. The molecule has 4 rings (SSSR count). The Kier molecular flexibility index (Phi) is 5.76. The molecule has 0 aliphatic rings. The molecular weight excluding hydrogens is 412 g/mol. The molecule has 0 unspecified atom stereocenters. The van der Waals surface area contributed by atoms with E-state index >= 15 is 0 Å². The third-order valence-corrected chi connectivity index (χ3v) is 4.56. The molecule has 8 nitrogen and oxygen atoms in total. The maximum absolute atomic E-state index is 12.4. The van der Waals surface area contributed by atoms with Crippen LogP contribution in [-0.2, 0) is 0 Å². The summed E-state index contributed by atoms with van der Waals surface area (Å²) in [6.07, 6.45) is 4.34. The van der Waals surface area contributed by atoms with E-state index in [9.17, 15) is 19.7 Å². The first-order valence-electron chi connectivity index (χ1n) is 9.51. The summed E-state index contributed by atoms with van der Waals surface area (Å²) in [7, 11) is 0. The van der Waals surface area contributed by atoms with E-state index in [1.54, 1.807) is 66.7 Å². The molecule has 32 heavy (non-hydrogen) atoms. The van der Waals surface area contributed by atoms with Gasteiger partial charge in [-0.1, -0.05) is 0 Å². The second-order valence-electron chi connectivity index (χ2n) is 6.71. The van der Waals surface area contributed by atoms with Gasteiger partial charge in [-0.3, -0.25) is 19.7 Å². The van der Waals surface area contributed by atoms with Crippen LogP contribution in [0, 0.1) is 10.1 Å². The molecule has 0 aliphatic heterocycles. The van der Waals surface area contributed by atoms with Crippen LogP contribution in [0.3, 0.4) is 0 Å². The number of allylic oxidation sites excluding steroid dienone is 1. The summed E-state index contributed by atoms with van der Waals surface area (Å²) in [5.41, 5.74) is 1.66. The van der Waals surface area contributed by atoms with Gasteiger partial charge < -0.3 is 14.2 Å². The second-order valence-corrected chi connectivity index (χ2v) is 6.71. The first-order chi connectivity index (χ1) is 15.5. The van der Waals surface area contributed by atoms with Crippen molar-refractivity contribution in [3.8, 4) is 11.3 Å². The number of nitrogens with one attached hydrogen (secondary N) is 1. The number of non-ortho nitro benzene ring substituents is 1. The lowest BCUT2D eigenvalue weighted by atomic mass is 10.1. The van der Waals surface area contributed by atoms with Gasteiger partial charge in [-0.2, -0.15) is 0 Å². The summed E-state index contributed by atoms with van der Waals surface area (Å²) in [6.45, 7) is 0. The third kappa shape index (κ3) is 4.71. The summed E-state index contributed by atoms with van der Waals surface area (Å²) in [5, 5.41) is 13.4. The quantitative estimate of drug-likeness (QED) is 0.177. The number of nitrogens with zero attached hydrogens (tertiary/aromatic N) is 1. The van der Waals surface area contributed by atoms with Gasteiger partial charge in [-0.25, -0.2) is 0 Å². The number of rotatable bonds is 7. The molecule has 0 aliphatic carbocycles. The van der Waals surface area contributed by atoms with Crippen molar-refractivity contribution in [1.82, 2.24) is 0 Å². The average Bonchev–Trinajstić information content (AvgIpc) is 3.50. The standard InChI is InChI=1S/C24H16N2O6/c27-21(16-3-7-18(8-4-16)25-24(28)23-2-1-15-31-23)13-11-20-12-14-22(32-20)17-5-9-19(10-6-17)26(29)30/h1-15H,(H,25,28). The lowest BCUT2D eigenvalue weighted by molar-refractivity contribution is -0.384. The van der Waals surface area contributed by atoms with E-state index < -0.39 is 4.92 Å². The van der Waals surface area contributed by atoms with Gasteiger partial charge >= 0.3 is 0 Å². The van der Waals surface area contributed by atoms with Gasteiger partial charge in [0.2, 0.25) is 0 Å². The summed E-state index contributed by atoms with van der Waals surface area (Å²) >= 11 is 0. The molecule has 2 heterocycles. The fourth-order valence-electron chi connectivity index (χ4n) is 2.92. The van der Waals surface area contributed by atoms with Crippen molar-refractivity contribution in [3.63, 3.8) is 0 Å². The zero-order chi connectivity index (χ0) is 22.5. The van der Waals surface area contributed by atoms with Crippen molar-refractivity contribution < 1.29 is 23.3 Å². The number of furan rings is 2. The molecule has 0 saturated heterocycles. The van der Waals surface area contributed by atoms with Gasteiger partial charge in [-0.05, 0) is 72.8 Å². The molecule has 158 valence electrons. The second kappa shape index (κ2) is 8.97. The van der Waals surface area contributed by atoms with Gasteiger partial charge in [0.15, 0.2) is 11.5 Å². The molecule has 1 N–H and O–H groups in total. The molecule has 2 aromatic carbocycles. The molecular formula is C24H16N2O6. The average molecular weight is 428 g/mol. The van der Waals surface area contributed by atoms with Crippen LogP contribution in [0.4, 0.5) is 11.4 Å². The highest BCUT2D eigenvalue weighted by molar-refractivity contribution is 6.07. The predicted molar refractivity (Wildman–Crippen MR) is 117 cm³/mol. The lowest BCUT2D eigenvalue weighted by Gasteiger charge is -2.03. The number of hydrogen-bond acceptors (Lipinski definition) is 6. The van der Waals surface area contributed by atoms with E-state index in [2.05, 4.69) is 5.32 Å². The Morgan fingerprint density at radius 1 is 0.938 bits per heavy atom. The number of anilines is 1. The fourth-order valence-corrected chi connectivity index (χ4v) is 2.92. The van der Waals surface area contributed by atoms with Gasteiger partial charge in [0, 0.05) is 28.9 Å². The zero-order valence-electron chi connectivity index (χ0n) is 16.6. The molecule has 0 atom stereocenters. The molecule has 0 saturated carbocycles. The molecule has 4 aromatic rings. The number of nitro groups is 1. The Hall–Kier alpha value is -4.72. The summed E-state index contributed by atoms with van der Waals surface area (Å²) < 4.78 is 10.7. The minimum absolute atomic E-state index is 0.00225. The predicted octanol–water partition coefficient (Wildman–Crippen LogP) is 5.60. The Morgan fingerprint density at radius 2 is 1.69 bits per heavy atom. The lowest BCUT2D eigenvalue weighted by Crippen LogP contribution is -2.10. The molecule has 0 fully saturated rings. The minimum Gasteiger partial charge on any atom is -0.459 e. The summed E-state index contributed by atoms with van der Waals surface area (Å²) in [4.78, 5) is 34.7. The van der Waals surface area contributed by atoms with Crippen molar-refractivity contribution >= 4 is 29.1 Å². The van der Waals surface area contributed by atoms with E-state index in [-0.39, 0.29) is 23.1 Å². The fraction of sp³-hybridized carbons (Fsp3) is 0. The van der Waals surface area contributed by atoms with Crippen LogP contribution < -0.4 is 5.32 Å². The normalized spacial score (nSPS) is 10.9. The summed E-state index contributed by atoms with van der Waals surface area (Å²) in [5.74, 6) is 0.579. The topological polar surface area (TPSA) is 116 Å². The van der Waals surface area contributed by atoms with Crippen LogP contribution in [-0.4, -0.2) is 16.6 Å². The number of hydrogen-bond donors (Lipinski definition) is 1. The van der Waals surface area contributed by atoms with Crippen molar-refractivity contribution in [2.75, 3.05) is 5.32 Å². The first-order valence-corrected chi connectivity index (χ1v) is 9.51. The Morgan fingerprint density at radius 3 is 2.34 bits per heavy atom. The number of carbonyl (C=O) groups excluding carboxylic acids is 2. The Bertz CT molecular complexity index is 1280. The van der Waals surface area contributed by atoms with E-state index in [1.807, 2.05) is 0 Å². The van der Waals surface area contributed by atoms with Gasteiger partial charge in [0.05, 0.1) is 11.2 Å². The van der Waals surface area contributed by atoms with Crippen molar-refractivity contribution in [2.45, 2.75) is 0 Å². The maximum atomic E-state index is 12.4. The van der Waals surface area contributed by atoms with Crippen LogP contribution in [0.2, 0.25) is 0 Å². The van der Waals surface area contributed by atoms with Crippen LogP contribution >= 0.6 is 0 Å². The Labute approximate surface area is 181 Å². The molecule has 0 spiro atoms. The molecule has 2 aromatic heterocycles. The van der Waals surface area contributed by atoms with Gasteiger partial charge in [0.25, 0.3) is 11.6 Å². The smallest absolute Gasteiger partial charge is 0.291 e. The van der Waals surface area contributed by atoms with Crippen LogP contribution in [0.1, 0.15) is 26.7 Å². The van der Waals surface area contributed by atoms with Crippen LogP contribution in [0.5, 0.6) is 0 Å². The van der Waals surface area contributed by atoms with Gasteiger partial charge in [0.1, 0.15) is 11.5 Å². The molecule has 0 bridgehead atoms. The van der Waals surface area contributed by atoms with Crippen molar-refractivity contribution in [2.24, 2.45) is 0 Å². The van der Waals surface area contributed by atoms with E-state index in [0.717, 1.165) is 0 Å². The van der Waals surface area contributed by atoms with E-state index in [0.29, 0.717) is 28.3 Å². The summed E-state index contributed by atoms with van der Waals surface area (Å²) in [6, 6.07) is 19.1. The highest BCUT2D eigenvalue weighted by atomic mass is 16.6. The largest absolute Gasteiger partial charge is 0.459 e. The monoisotopic (exact) mass is 428 g/mol. The Balaban J connectivity index is 1.39. The highest BCUT2D eigenvalue weighted by Gasteiger charge is 2.10. The van der Waals surface area contributed by atoms with Gasteiger partial charge in [-0.15, -0.1) is 0 Å². The van der Waals surface area contributed by atoms with Crippen molar-refractivity contribution in [3.05, 3.63) is 112 Å². The zero-order valence-corrected chi connectivity index (χ0v) is 16.6. The molecule has 0 radical (unpaired) electrons. The number of ketones is 1. The number of benzene rings is 2. The maximum Gasteiger partial charge on any atom is 0.291 e. The van der Waals surface area contributed by atoms with E-state index in [4.69, 9.17) is 8.83 Å². The molecule has 8 heteroatoms. The molecule has 1 amide bonds. The minimum atomic E-state index is -0.467. The van der Waals surface area contributed by atoms with Crippen LogP contribution in [0.15, 0.2) is 94.0 Å². The van der Waals surface area contributed by atoms with Crippen molar-refractivity contribution in [1.29, 1.82) is 0 Å². The highest BCUT2D eigenvalue weighted by Crippen LogP contribution is 2.25. The number of carbonyl (C=O) groups is 2. The number of amides is 1. The SMILES string of the molecule is O=C(C=Cc1ccc(-c2ccc([N+](=O)[O-])cc2)o1)c1ccc(NC(=O)c2ccco2)cc1. The first kappa shape index (κ1) is 20.5. The van der Waals surface area contributed by atoms with E-state index in [1.165, 1.54) is 24.5 Å².